The summed E-state index contributed by atoms with van der Waals surface area (Å²) in [5, 5.41) is 2.95. The third kappa shape index (κ3) is 5.44. The number of nitrogens with zero attached hydrogens (tertiary/aromatic N) is 2. The molecule has 0 spiro atoms. The Morgan fingerprint density at radius 2 is 1.83 bits per heavy atom. The van der Waals surface area contributed by atoms with Crippen molar-refractivity contribution in [2.24, 2.45) is 4.99 Å². The van der Waals surface area contributed by atoms with Gasteiger partial charge in [0.25, 0.3) is 0 Å². The molecule has 0 radical (unpaired) electrons. The van der Waals surface area contributed by atoms with Gasteiger partial charge in [0.15, 0.2) is 5.78 Å². The highest BCUT2D eigenvalue weighted by Gasteiger charge is 2.16. The fourth-order valence-corrected chi connectivity index (χ4v) is 3.26. The summed E-state index contributed by atoms with van der Waals surface area (Å²) >= 11 is 0. The minimum Gasteiger partial charge on any atom is -0.388 e. The van der Waals surface area contributed by atoms with Crippen molar-refractivity contribution in [1.29, 1.82) is 0 Å². The molecule has 0 aliphatic heterocycles. The molecule has 0 atom stereocenters. The number of nitrogens with one attached hydrogen (secondary N) is 1. The lowest BCUT2D eigenvalue weighted by molar-refractivity contribution is 0.103. The number of allylic oxidation sites excluding steroid dienone is 2. The van der Waals surface area contributed by atoms with Crippen LogP contribution in [0.1, 0.15) is 43.6 Å². The Morgan fingerprint density at radius 3 is 2.38 bits per heavy atom. The molecule has 0 aromatic heterocycles. The van der Waals surface area contributed by atoms with Crippen LogP contribution in [-0.2, 0) is 0 Å². The molecule has 0 heterocycles. The molecule has 0 amide bonds. The maximum atomic E-state index is 13.0. The fraction of sp³-hybridized carbons (Fsp3) is 0.280. The lowest BCUT2D eigenvalue weighted by Crippen LogP contribution is -2.30. The van der Waals surface area contributed by atoms with Crippen LogP contribution in [0.5, 0.6) is 0 Å². The SMILES string of the molecule is C=C(NC)/C(=C/C)C(=O)c1ccccc1C=Nc1ccc(N(CC)C(C)C)cc1. The first-order chi connectivity index (χ1) is 13.9. The topological polar surface area (TPSA) is 44.7 Å². The minimum atomic E-state index is -0.0697. The second kappa shape index (κ2) is 10.4. The summed E-state index contributed by atoms with van der Waals surface area (Å²) in [5.41, 5.74) is 4.58. The largest absolute Gasteiger partial charge is 0.388 e. The molecule has 0 unspecified atom stereocenters. The molecular formula is C25H31N3O. The molecule has 4 nitrogen and oxygen atoms in total. The molecule has 2 aromatic carbocycles. The summed E-state index contributed by atoms with van der Waals surface area (Å²) in [7, 11) is 1.76. The first-order valence-corrected chi connectivity index (χ1v) is 10.0. The van der Waals surface area contributed by atoms with E-state index in [0.29, 0.717) is 22.9 Å². The zero-order valence-electron chi connectivity index (χ0n) is 18.1. The molecule has 0 saturated carbocycles. The van der Waals surface area contributed by atoms with Gasteiger partial charge in [0.2, 0.25) is 0 Å². The highest BCUT2D eigenvalue weighted by atomic mass is 16.1. The molecule has 2 rings (SSSR count). The third-order valence-corrected chi connectivity index (χ3v) is 4.86. The fourth-order valence-electron chi connectivity index (χ4n) is 3.26. The van der Waals surface area contributed by atoms with Crippen LogP contribution in [0.4, 0.5) is 11.4 Å². The normalized spacial score (nSPS) is 11.7. The first kappa shape index (κ1) is 22.2. The second-order valence-electron chi connectivity index (χ2n) is 7.00. The Labute approximate surface area is 174 Å². The third-order valence-electron chi connectivity index (χ3n) is 4.86. The lowest BCUT2D eigenvalue weighted by Gasteiger charge is -2.27. The zero-order chi connectivity index (χ0) is 21.4. The average Bonchev–Trinajstić information content (AvgIpc) is 2.73. The van der Waals surface area contributed by atoms with Gasteiger partial charge < -0.3 is 10.2 Å². The van der Waals surface area contributed by atoms with E-state index in [-0.39, 0.29) is 5.78 Å². The van der Waals surface area contributed by atoms with Gasteiger partial charge in [0.1, 0.15) is 0 Å². The van der Waals surface area contributed by atoms with Gasteiger partial charge in [-0.2, -0.15) is 0 Å². The van der Waals surface area contributed by atoms with Crippen LogP contribution in [0, 0.1) is 0 Å². The summed E-state index contributed by atoms with van der Waals surface area (Å²) in [6.45, 7) is 13.2. The molecule has 0 bridgehead atoms. The van der Waals surface area contributed by atoms with Crippen molar-refractivity contribution in [2.75, 3.05) is 18.5 Å². The standard InChI is InChI=1S/C25H31N3O/c1-7-23(19(5)26-6)25(29)24-12-10-9-11-20(24)17-27-21-13-15-22(16-14-21)28(8-2)18(3)4/h7,9-18,26H,5,8H2,1-4,6H3/b23-7-,27-17?. The van der Waals surface area contributed by atoms with Crippen molar-refractivity contribution in [2.45, 2.75) is 33.7 Å². The number of hydrogen-bond acceptors (Lipinski definition) is 4. The number of aliphatic imine (C=N–C) groups is 1. The Balaban J connectivity index is 2.28. The molecule has 152 valence electrons. The number of benzene rings is 2. The Hall–Kier alpha value is -3.14. The van der Waals surface area contributed by atoms with Crippen LogP contribution >= 0.6 is 0 Å². The zero-order valence-corrected chi connectivity index (χ0v) is 18.1. The van der Waals surface area contributed by atoms with E-state index in [0.717, 1.165) is 17.8 Å². The maximum absolute atomic E-state index is 13.0. The van der Waals surface area contributed by atoms with Crippen LogP contribution in [0.2, 0.25) is 0 Å². The van der Waals surface area contributed by atoms with E-state index in [9.17, 15) is 4.79 Å². The van der Waals surface area contributed by atoms with Crippen LogP contribution in [0.3, 0.4) is 0 Å². The predicted molar refractivity (Wildman–Crippen MR) is 125 cm³/mol. The summed E-state index contributed by atoms with van der Waals surface area (Å²) < 4.78 is 0. The van der Waals surface area contributed by atoms with Gasteiger partial charge in [-0.05, 0) is 52.0 Å². The number of anilines is 1. The number of carbonyl (C=O) groups is 1. The molecule has 0 fully saturated rings. The smallest absolute Gasteiger partial charge is 0.195 e. The van der Waals surface area contributed by atoms with Crippen molar-refractivity contribution in [1.82, 2.24) is 5.32 Å². The summed E-state index contributed by atoms with van der Waals surface area (Å²) in [4.78, 5) is 19.9. The molecule has 0 saturated heterocycles. The molecule has 0 aliphatic carbocycles. The Kier molecular flexibility index (Phi) is 7.96. The van der Waals surface area contributed by atoms with E-state index in [4.69, 9.17) is 0 Å². The number of carbonyl (C=O) groups excluding carboxylic acids is 1. The predicted octanol–water partition coefficient (Wildman–Crippen LogP) is 5.53. The lowest BCUT2D eigenvalue weighted by atomic mass is 9.97. The van der Waals surface area contributed by atoms with Gasteiger partial charge in [-0.1, -0.05) is 36.9 Å². The van der Waals surface area contributed by atoms with Gasteiger partial charge in [-0.25, -0.2) is 0 Å². The van der Waals surface area contributed by atoms with Gasteiger partial charge in [0, 0.05) is 53.9 Å². The average molecular weight is 390 g/mol. The summed E-state index contributed by atoms with van der Waals surface area (Å²) in [6, 6.07) is 16.1. The second-order valence-corrected chi connectivity index (χ2v) is 7.00. The Bertz CT molecular complexity index is 908. The highest BCUT2D eigenvalue weighted by Crippen LogP contribution is 2.22. The quantitative estimate of drug-likeness (QED) is 0.265. The van der Waals surface area contributed by atoms with Crippen LogP contribution < -0.4 is 10.2 Å². The van der Waals surface area contributed by atoms with Gasteiger partial charge in [-0.3, -0.25) is 9.79 Å². The van der Waals surface area contributed by atoms with E-state index >= 15 is 0 Å². The van der Waals surface area contributed by atoms with E-state index in [1.54, 1.807) is 19.3 Å². The first-order valence-electron chi connectivity index (χ1n) is 10.0. The molecule has 4 heteroatoms. The van der Waals surface area contributed by atoms with E-state index in [2.05, 4.69) is 54.7 Å². The molecule has 1 N–H and O–H groups in total. The number of ketones is 1. The van der Waals surface area contributed by atoms with Crippen LogP contribution in [0.25, 0.3) is 0 Å². The minimum absolute atomic E-state index is 0.0697. The van der Waals surface area contributed by atoms with Crippen LogP contribution in [0.15, 0.2) is 77.4 Å². The van der Waals surface area contributed by atoms with Crippen LogP contribution in [-0.4, -0.2) is 31.6 Å². The monoisotopic (exact) mass is 389 g/mol. The van der Waals surface area contributed by atoms with E-state index in [1.807, 2.05) is 43.3 Å². The van der Waals surface area contributed by atoms with Crippen molar-refractivity contribution < 1.29 is 4.79 Å². The number of Topliss-reactive ketones (excluding diaryl/α,β-unsaturated/α-hetero) is 1. The number of rotatable bonds is 9. The molecule has 2 aromatic rings. The van der Waals surface area contributed by atoms with E-state index < -0.39 is 0 Å². The molecule has 29 heavy (non-hydrogen) atoms. The van der Waals surface area contributed by atoms with Crippen molar-refractivity contribution in [3.05, 3.63) is 83.6 Å². The number of hydrogen-bond donors (Lipinski definition) is 1. The Morgan fingerprint density at radius 1 is 1.17 bits per heavy atom. The van der Waals surface area contributed by atoms with Gasteiger partial charge >= 0.3 is 0 Å². The van der Waals surface area contributed by atoms with Crippen molar-refractivity contribution in [3.8, 4) is 0 Å². The highest BCUT2D eigenvalue weighted by molar-refractivity contribution is 6.15. The van der Waals surface area contributed by atoms with Gasteiger partial charge in [0.05, 0.1) is 5.69 Å². The molecule has 0 aliphatic rings. The summed E-state index contributed by atoms with van der Waals surface area (Å²) in [6.07, 6.45) is 3.53. The maximum Gasteiger partial charge on any atom is 0.195 e. The van der Waals surface area contributed by atoms with E-state index in [1.165, 1.54) is 5.69 Å². The van der Waals surface area contributed by atoms with Gasteiger partial charge in [-0.15, -0.1) is 0 Å². The molecular weight excluding hydrogens is 358 g/mol. The number of likely N-dealkylation sites (N-methyl/N-ethyl adjacent to an activating group) is 1. The van der Waals surface area contributed by atoms with Crippen molar-refractivity contribution in [3.63, 3.8) is 0 Å². The summed E-state index contributed by atoms with van der Waals surface area (Å²) in [5.74, 6) is -0.0697. The van der Waals surface area contributed by atoms with Crippen molar-refractivity contribution >= 4 is 23.4 Å².